The van der Waals surface area contributed by atoms with E-state index in [0.717, 1.165) is 18.8 Å². The van der Waals surface area contributed by atoms with Gasteiger partial charge in [0, 0.05) is 0 Å². The SMILES string of the molecule is CC(C(=O)O)P(=O)(O)O.CC(C)C(C)C. The van der Waals surface area contributed by atoms with Gasteiger partial charge in [-0.25, -0.2) is 0 Å². The number of aliphatic carboxylic acids is 1. The van der Waals surface area contributed by atoms with E-state index in [1.165, 1.54) is 0 Å². The molecule has 0 aromatic rings. The minimum absolute atomic E-state index is 0.852. The third kappa shape index (κ3) is 9.91. The van der Waals surface area contributed by atoms with Gasteiger partial charge < -0.3 is 14.9 Å². The van der Waals surface area contributed by atoms with Crippen molar-refractivity contribution in [2.24, 2.45) is 11.8 Å². The summed E-state index contributed by atoms with van der Waals surface area (Å²) in [5.41, 5.74) is -1.60. The maximum absolute atomic E-state index is 10.1. The van der Waals surface area contributed by atoms with E-state index in [0.29, 0.717) is 0 Å². The summed E-state index contributed by atoms with van der Waals surface area (Å²) in [7, 11) is -4.41. The minimum atomic E-state index is -4.41. The second-order valence-corrected chi connectivity index (χ2v) is 6.04. The van der Waals surface area contributed by atoms with Gasteiger partial charge in [0.2, 0.25) is 0 Å². The lowest BCUT2D eigenvalue weighted by atomic mass is 10.0. The molecule has 0 fully saturated rings. The Hall–Kier alpha value is -0.380. The van der Waals surface area contributed by atoms with E-state index in [-0.39, 0.29) is 0 Å². The van der Waals surface area contributed by atoms with E-state index in [1.54, 1.807) is 0 Å². The lowest BCUT2D eigenvalue weighted by Crippen LogP contribution is -2.15. The summed E-state index contributed by atoms with van der Waals surface area (Å²) >= 11 is 0. The molecule has 6 heteroatoms. The Labute approximate surface area is 90.7 Å². The molecule has 0 rings (SSSR count). The summed E-state index contributed by atoms with van der Waals surface area (Å²) in [6, 6.07) is 0. The van der Waals surface area contributed by atoms with Crippen LogP contribution < -0.4 is 0 Å². The van der Waals surface area contributed by atoms with Gasteiger partial charge in [0.05, 0.1) is 0 Å². The molecule has 0 spiro atoms. The molecule has 3 N–H and O–H groups in total. The zero-order valence-electron chi connectivity index (χ0n) is 9.84. The molecule has 0 heterocycles. The second kappa shape index (κ2) is 6.99. The Balaban J connectivity index is 0. The Kier molecular flexibility index (Phi) is 7.93. The van der Waals surface area contributed by atoms with Crippen LogP contribution in [0, 0.1) is 11.8 Å². The zero-order valence-corrected chi connectivity index (χ0v) is 10.7. The number of carboxylic acid groups (broad SMARTS) is 1. The molecule has 0 aliphatic carbocycles. The van der Waals surface area contributed by atoms with Crippen molar-refractivity contribution in [3.63, 3.8) is 0 Å². The van der Waals surface area contributed by atoms with E-state index in [9.17, 15) is 9.36 Å². The van der Waals surface area contributed by atoms with Crippen LogP contribution in [0.3, 0.4) is 0 Å². The molecular weight excluding hydrogens is 219 g/mol. The van der Waals surface area contributed by atoms with Crippen LogP contribution in [-0.4, -0.2) is 26.5 Å². The first-order valence-electron chi connectivity index (χ1n) is 4.78. The molecule has 0 saturated carbocycles. The van der Waals surface area contributed by atoms with Crippen LogP contribution >= 0.6 is 7.60 Å². The molecule has 15 heavy (non-hydrogen) atoms. The van der Waals surface area contributed by atoms with Crippen LogP contribution in [0.2, 0.25) is 0 Å². The Bertz CT molecular complexity index is 225. The van der Waals surface area contributed by atoms with Crippen molar-refractivity contribution in [1.82, 2.24) is 0 Å². The molecule has 0 aromatic carbocycles. The van der Waals surface area contributed by atoms with Gasteiger partial charge >= 0.3 is 13.6 Å². The van der Waals surface area contributed by atoms with E-state index >= 15 is 0 Å². The quantitative estimate of drug-likeness (QED) is 0.655. The van der Waals surface area contributed by atoms with Gasteiger partial charge in [-0.2, -0.15) is 0 Å². The summed E-state index contributed by atoms with van der Waals surface area (Å²) in [4.78, 5) is 26.2. The summed E-state index contributed by atoms with van der Waals surface area (Å²) in [6.07, 6.45) is 0. The second-order valence-electron chi connectivity index (χ2n) is 4.09. The van der Waals surface area contributed by atoms with Gasteiger partial charge in [0.25, 0.3) is 0 Å². The Morgan fingerprint density at radius 1 is 1.00 bits per heavy atom. The van der Waals surface area contributed by atoms with Gasteiger partial charge in [-0.05, 0) is 18.8 Å². The predicted octanol–water partition coefficient (Wildman–Crippen LogP) is 1.94. The number of rotatable bonds is 3. The van der Waals surface area contributed by atoms with Crippen LogP contribution in [0.25, 0.3) is 0 Å². The molecule has 0 bridgehead atoms. The fraction of sp³-hybridized carbons (Fsp3) is 0.889. The standard InChI is InChI=1S/C6H14.C3H7O5P/c1-5(2)6(3)4;1-2(3(4)5)9(6,7)8/h5-6H,1-4H3;2H,1H3,(H,4,5)(H2,6,7,8). The number of carboxylic acids is 1. The number of hydrogen-bond donors (Lipinski definition) is 3. The maximum atomic E-state index is 10.1. The van der Waals surface area contributed by atoms with Crippen molar-refractivity contribution in [3.8, 4) is 0 Å². The first kappa shape index (κ1) is 17.0. The van der Waals surface area contributed by atoms with Crippen molar-refractivity contribution in [1.29, 1.82) is 0 Å². The lowest BCUT2D eigenvalue weighted by Gasteiger charge is -2.06. The summed E-state index contributed by atoms with van der Waals surface area (Å²) < 4.78 is 10.1. The molecule has 0 saturated heterocycles. The monoisotopic (exact) mass is 240 g/mol. The van der Waals surface area contributed by atoms with E-state index in [2.05, 4.69) is 27.7 Å². The van der Waals surface area contributed by atoms with Gasteiger partial charge in [0.1, 0.15) is 0 Å². The van der Waals surface area contributed by atoms with E-state index in [1.807, 2.05) is 0 Å². The molecule has 0 amide bonds. The largest absolute Gasteiger partial charge is 0.481 e. The topological polar surface area (TPSA) is 94.8 Å². The molecule has 0 aliphatic heterocycles. The molecule has 0 radical (unpaired) electrons. The number of hydrogen-bond acceptors (Lipinski definition) is 2. The van der Waals surface area contributed by atoms with Crippen LogP contribution in [0.4, 0.5) is 0 Å². The van der Waals surface area contributed by atoms with Gasteiger partial charge in [-0.3, -0.25) is 9.36 Å². The molecule has 0 aliphatic rings. The van der Waals surface area contributed by atoms with Gasteiger partial charge in [-0.1, -0.05) is 27.7 Å². The minimum Gasteiger partial charge on any atom is -0.481 e. The molecule has 1 unspecified atom stereocenters. The van der Waals surface area contributed by atoms with Gasteiger partial charge in [-0.15, -0.1) is 0 Å². The fourth-order valence-electron chi connectivity index (χ4n) is 0.144. The highest BCUT2D eigenvalue weighted by molar-refractivity contribution is 7.53. The summed E-state index contributed by atoms with van der Waals surface area (Å²) in [5, 5.41) is 8.03. The van der Waals surface area contributed by atoms with Crippen molar-refractivity contribution < 1.29 is 24.3 Å². The maximum Gasteiger partial charge on any atom is 0.339 e. The normalized spacial score (nSPS) is 13.4. The van der Waals surface area contributed by atoms with Crippen LogP contribution in [0.1, 0.15) is 34.6 Å². The highest BCUT2D eigenvalue weighted by atomic mass is 31.2. The van der Waals surface area contributed by atoms with Crippen LogP contribution in [0.15, 0.2) is 0 Å². The third-order valence-electron chi connectivity index (χ3n) is 2.20. The first-order chi connectivity index (χ1) is 6.50. The lowest BCUT2D eigenvalue weighted by molar-refractivity contribution is -0.136. The first-order valence-corrected chi connectivity index (χ1v) is 6.46. The molecule has 5 nitrogen and oxygen atoms in total. The number of carbonyl (C=O) groups is 1. The van der Waals surface area contributed by atoms with Crippen LogP contribution in [-0.2, 0) is 9.36 Å². The van der Waals surface area contributed by atoms with Gasteiger partial charge in [0.15, 0.2) is 5.66 Å². The Morgan fingerprint density at radius 2 is 1.27 bits per heavy atom. The van der Waals surface area contributed by atoms with Crippen molar-refractivity contribution >= 4 is 13.6 Å². The fourth-order valence-corrected chi connectivity index (χ4v) is 0.432. The highest BCUT2D eigenvalue weighted by Crippen LogP contribution is 2.40. The highest BCUT2D eigenvalue weighted by Gasteiger charge is 2.30. The van der Waals surface area contributed by atoms with Crippen molar-refractivity contribution in [2.45, 2.75) is 40.3 Å². The Morgan fingerprint density at radius 3 is 1.27 bits per heavy atom. The van der Waals surface area contributed by atoms with Crippen molar-refractivity contribution in [2.75, 3.05) is 0 Å². The average molecular weight is 240 g/mol. The van der Waals surface area contributed by atoms with E-state index in [4.69, 9.17) is 14.9 Å². The molecule has 92 valence electrons. The van der Waals surface area contributed by atoms with Crippen molar-refractivity contribution in [3.05, 3.63) is 0 Å². The molecule has 1 atom stereocenters. The molecular formula is C9H21O5P. The molecule has 0 aromatic heterocycles. The summed E-state index contributed by atoms with van der Waals surface area (Å²) in [5.74, 6) is 0.221. The third-order valence-corrected chi connectivity index (χ3v) is 3.43. The van der Waals surface area contributed by atoms with Crippen LogP contribution in [0.5, 0.6) is 0 Å². The summed E-state index contributed by atoms with van der Waals surface area (Å²) in [6.45, 7) is 9.92. The predicted molar refractivity (Wildman–Crippen MR) is 58.8 cm³/mol. The zero-order chi connectivity index (χ0) is 12.8. The van der Waals surface area contributed by atoms with E-state index < -0.39 is 19.2 Å². The smallest absolute Gasteiger partial charge is 0.339 e. The average Bonchev–Trinajstić information content (AvgIpc) is 2.02.